The van der Waals surface area contributed by atoms with Crippen molar-refractivity contribution in [3.8, 4) is 0 Å². The van der Waals surface area contributed by atoms with Gasteiger partial charge in [0, 0.05) is 51.5 Å². The number of piperidine rings is 1. The molecule has 1 nitrogen and oxygen atoms in total. The third-order valence-electron chi connectivity index (χ3n) is 3.47. The van der Waals surface area contributed by atoms with Crippen LogP contribution in [0.1, 0.15) is 46.1 Å². The molecule has 1 saturated heterocycles. The predicted octanol–water partition coefficient (Wildman–Crippen LogP) is 4.51. The number of aryl methyl sites for hydroxylation is 1. The van der Waals surface area contributed by atoms with E-state index in [2.05, 4.69) is 43.0 Å². The Kier molecular flexibility index (Phi) is 10.0. The largest absolute Gasteiger partial charge is 0.372 e. The Morgan fingerprint density at radius 1 is 1.17 bits per heavy atom. The zero-order valence-corrected chi connectivity index (χ0v) is 15.3. The summed E-state index contributed by atoms with van der Waals surface area (Å²) in [4.78, 5) is 2.53. The molecule has 18 heavy (non-hydrogen) atoms. The molecule has 1 aliphatic rings. The molecule has 1 aromatic carbocycles. The van der Waals surface area contributed by atoms with Crippen LogP contribution in [0.4, 0.5) is 5.69 Å². The van der Waals surface area contributed by atoms with Crippen LogP contribution in [0.15, 0.2) is 24.3 Å². The normalized spacial score (nSPS) is 15.4. The first-order chi connectivity index (χ1) is 8.29. The predicted molar refractivity (Wildman–Crippen MR) is 77.8 cm³/mol. The number of hydrogen-bond donors (Lipinski definition) is 0. The van der Waals surface area contributed by atoms with Crippen molar-refractivity contribution in [1.82, 2.24) is 0 Å². The van der Waals surface area contributed by atoms with Gasteiger partial charge < -0.3 is 4.90 Å². The van der Waals surface area contributed by atoms with E-state index < -0.39 is 0 Å². The molecule has 0 amide bonds. The topological polar surface area (TPSA) is 3.24 Å². The van der Waals surface area contributed by atoms with Crippen molar-refractivity contribution in [3.63, 3.8) is 0 Å². The van der Waals surface area contributed by atoms with E-state index in [1.165, 1.54) is 37.2 Å². The van der Waals surface area contributed by atoms with E-state index in [0.29, 0.717) is 0 Å². The Morgan fingerprint density at radius 3 is 2.33 bits per heavy atom. The molecule has 0 atom stereocenters. The fourth-order valence-corrected chi connectivity index (χ4v) is 2.24. The van der Waals surface area contributed by atoms with Gasteiger partial charge in [-0.05, 0) is 42.9 Å². The number of benzene rings is 1. The second kappa shape index (κ2) is 9.98. The summed E-state index contributed by atoms with van der Waals surface area (Å²) in [6.45, 7) is 11.0. The summed E-state index contributed by atoms with van der Waals surface area (Å²) in [5.74, 6) is 0.913. The molecular weight excluding hydrogens is 295 g/mol. The van der Waals surface area contributed by atoms with Crippen molar-refractivity contribution < 1.29 is 32.7 Å². The molecule has 2 rings (SSSR count). The molecule has 0 spiro atoms. The molecule has 0 bridgehead atoms. The Labute approximate surface area is 138 Å². The minimum Gasteiger partial charge on any atom is -0.372 e. The number of hydrogen-bond acceptors (Lipinski definition) is 1. The molecule has 0 N–H and O–H groups in total. The van der Waals surface area contributed by atoms with Gasteiger partial charge in [-0.2, -0.15) is 0 Å². The molecule has 99 valence electrons. The maximum absolute atomic E-state index is 2.53. The monoisotopic (exact) mass is 322 g/mol. The fraction of sp³-hybridized carbons (Fsp3) is 0.625. The van der Waals surface area contributed by atoms with E-state index in [1.807, 2.05) is 13.8 Å². The smallest absolute Gasteiger partial charge is 0.0368 e. The Morgan fingerprint density at radius 2 is 1.78 bits per heavy atom. The minimum absolute atomic E-state index is 0. The summed E-state index contributed by atoms with van der Waals surface area (Å²) >= 11 is 0. The van der Waals surface area contributed by atoms with Crippen molar-refractivity contribution in [2.75, 3.05) is 18.0 Å². The Hall–Kier alpha value is 0.124. The average molecular weight is 322 g/mol. The molecule has 1 fully saturated rings. The molecule has 1 aliphatic heterocycles. The van der Waals surface area contributed by atoms with E-state index >= 15 is 0 Å². The van der Waals surface area contributed by atoms with Crippen LogP contribution in [0.2, 0.25) is 0 Å². The fourth-order valence-electron chi connectivity index (χ4n) is 2.24. The maximum atomic E-state index is 2.53. The number of anilines is 1. The Bertz CT molecular complexity index is 317. The van der Waals surface area contributed by atoms with Crippen molar-refractivity contribution in [1.29, 1.82) is 0 Å². The molecule has 1 aromatic rings. The summed E-state index contributed by atoms with van der Waals surface area (Å²) in [5, 5.41) is 0. The zero-order valence-electron chi connectivity index (χ0n) is 12.4. The average Bonchev–Trinajstić information content (AvgIpc) is 2.42. The SMILES string of the molecule is CC.CCc1cccc(N2CCC(C)CC2)c1.[Y]. The van der Waals surface area contributed by atoms with E-state index in [9.17, 15) is 0 Å². The third-order valence-corrected chi connectivity index (χ3v) is 3.47. The van der Waals surface area contributed by atoms with Crippen molar-refractivity contribution in [2.45, 2.75) is 47.0 Å². The van der Waals surface area contributed by atoms with E-state index in [1.54, 1.807) is 0 Å². The van der Waals surface area contributed by atoms with Crippen molar-refractivity contribution in [2.24, 2.45) is 5.92 Å². The maximum Gasteiger partial charge on any atom is 0.0368 e. The van der Waals surface area contributed by atoms with Gasteiger partial charge in [0.15, 0.2) is 0 Å². The number of rotatable bonds is 2. The van der Waals surface area contributed by atoms with Gasteiger partial charge >= 0.3 is 0 Å². The van der Waals surface area contributed by atoms with Crippen molar-refractivity contribution >= 4 is 5.69 Å². The van der Waals surface area contributed by atoms with E-state index in [-0.39, 0.29) is 32.7 Å². The summed E-state index contributed by atoms with van der Waals surface area (Å²) in [6.07, 6.45) is 3.82. The van der Waals surface area contributed by atoms with Crippen molar-refractivity contribution in [3.05, 3.63) is 29.8 Å². The molecule has 0 saturated carbocycles. The standard InChI is InChI=1S/C14H21N.C2H6.Y/c1-3-13-5-4-6-14(11-13)15-9-7-12(2)8-10-15;1-2;/h4-6,11-12H,3,7-10H2,1-2H3;1-2H3;. The molecule has 1 radical (unpaired) electrons. The molecule has 2 heteroatoms. The van der Waals surface area contributed by atoms with Gasteiger partial charge in [-0.3, -0.25) is 0 Å². The number of nitrogens with zero attached hydrogens (tertiary/aromatic N) is 1. The minimum atomic E-state index is 0. The quantitative estimate of drug-likeness (QED) is 0.774. The third kappa shape index (κ3) is 5.40. The van der Waals surface area contributed by atoms with Gasteiger partial charge in [-0.25, -0.2) is 0 Å². The van der Waals surface area contributed by atoms with Gasteiger partial charge in [-0.15, -0.1) is 0 Å². The van der Waals surface area contributed by atoms with Crippen LogP contribution >= 0.6 is 0 Å². The van der Waals surface area contributed by atoms with Gasteiger partial charge in [0.25, 0.3) is 0 Å². The molecule has 0 unspecified atom stereocenters. The summed E-state index contributed by atoms with van der Waals surface area (Å²) in [5.41, 5.74) is 2.87. The molecular formula is C16H27NY. The molecule has 0 aromatic heterocycles. The van der Waals surface area contributed by atoms with E-state index in [4.69, 9.17) is 0 Å². The van der Waals surface area contributed by atoms with Gasteiger partial charge in [0.1, 0.15) is 0 Å². The Balaban J connectivity index is 0.000000917. The van der Waals surface area contributed by atoms with Gasteiger partial charge in [0.05, 0.1) is 0 Å². The summed E-state index contributed by atoms with van der Waals surface area (Å²) in [6, 6.07) is 8.99. The second-order valence-corrected chi connectivity index (χ2v) is 4.69. The zero-order chi connectivity index (χ0) is 12.7. The van der Waals surface area contributed by atoms with E-state index in [0.717, 1.165) is 12.3 Å². The van der Waals surface area contributed by atoms with Crippen LogP contribution in [0.3, 0.4) is 0 Å². The first-order valence-electron chi connectivity index (χ1n) is 7.13. The second-order valence-electron chi connectivity index (χ2n) is 4.69. The van der Waals surface area contributed by atoms with Crippen LogP contribution in [0.5, 0.6) is 0 Å². The summed E-state index contributed by atoms with van der Waals surface area (Å²) in [7, 11) is 0. The summed E-state index contributed by atoms with van der Waals surface area (Å²) < 4.78 is 0. The van der Waals surface area contributed by atoms with Crippen LogP contribution in [0.25, 0.3) is 0 Å². The van der Waals surface area contributed by atoms with Gasteiger partial charge in [-0.1, -0.05) is 39.8 Å². The van der Waals surface area contributed by atoms with Crippen LogP contribution < -0.4 is 4.90 Å². The van der Waals surface area contributed by atoms with Crippen LogP contribution in [-0.4, -0.2) is 13.1 Å². The van der Waals surface area contributed by atoms with Crippen LogP contribution in [0, 0.1) is 5.92 Å². The van der Waals surface area contributed by atoms with Gasteiger partial charge in [0.2, 0.25) is 0 Å². The first-order valence-corrected chi connectivity index (χ1v) is 7.13. The van der Waals surface area contributed by atoms with Crippen LogP contribution in [-0.2, 0) is 39.1 Å². The molecule has 1 heterocycles. The molecule has 0 aliphatic carbocycles. The first kappa shape index (κ1) is 18.1.